The molecule has 0 bridgehead atoms. The van der Waals surface area contributed by atoms with E-state index in [9.17, 15) is 0 Å². The zero-order valence-electron chi connectivity index (χ0n) is 11.5. The van der Waals surface area contributed by atoms with E-state index in [1.165, 1.54) is 38.4 Å². The quantitative estimate of drug-likeness (QED) is 0.824. The second kappa shape index (κ2) is 5.47. The van der Waals surface area contributed by atoms with Gasteiger partial charge in [0.15, 0.2) is 0 Å². The molecule has 2 fully saturated rings. The lowest BCUT2D eigenvalue weighted by atomic mass is 9.95. The molecular formula is C13H27N3S. The molecule has 0 spiro atoms. The summed E-state index contributed by atoms with van der Waals surface area (Å²) in [5.74, 6) is 1.27. The molecule has 0 aliphatic carbocycles. The van der Waals surface area contributed by atoms with E-state index in [-0.39, 0.29) is 5.54 Å². The maximum absolute atomic E-state index is 6.13. The van der Waals surface area contributed by atoms with Crippen molar-refractivity contribution in [1.29, 1.82) is 0 Å². The molecule has 2 N–H and O–H groups in total. The molecule has 0 amide bonds. The molecule has 0 aromatic rings. The van der Waals surface area contributed by atoms with E-state index in [0.717, 1.165) is 11.8 Å². The molecule has 17 heavy (non-hydrogen) atoms. The van der Waals surface area contributed by atoms with Crippen LogP contribution in [0.5, 0.6) is 0 Å². The maximum atomic E-state index is 6.13. The largest absolute Gasteiger partial charge is 0.329 e. The number of hydrogen-bond acceptors (Lipinski definition) is 4. The molecule has 2 heterocycles. The Labute approximate surface area is 110 Å². The number of nitrogens with two attached hydrogens (primary N) is 1. The van der Waals surface area contributed by atoms with Gasteiger partial charge >= 0.3 is 0 Å². The zero-order chi connectivity index (χ0) is 12.5. The van der Waals surface area contributed by atoms with Crippen molar-refractivity contribution < 1.29 is 0 Å². The van der Waals surface area contributed by atoms with Crippen LogP contribution in [-0.2, 0) is 0 Å². The van der Waals surface area contributed by atoms with Crippen molar-refractivity contribution in [3.63, 3.8) is 0 Å². The summed E-state index contributed by atoms with van der Waals surface area (Å²) in [6.45, 7) is 12.6. The minimum Gasteiger partial charge on any atom is -0.329 e. The normalized spacial score (nSPS) is 36.9. The highest BCUT2D eigenvalue weighted by Gasteiger charge is 2.43. The van der Waals surface area contributed by atoms with Gasteiger partial charge in [-0.15, -0.1) is 0 Å². The highest BCUT2D eigenvalue weighted by atomic mass is 32.2. The Kier molecular flexibility index (Phi) is 4.40. The summed E-state index contributed by atoms with van der Waals surface area (Å²) in [7, 11) is 0. The third-order valence-corrected chi connectivity index (χ3v) is 5.52. The molecule has 2 aliphatic rings. The topological polar surface area (TPSA) is 32.5 Å². The van der Waals surface area contributed by atoms with E-state index in [4.69, 9.17) is 5.73 Å². The first-order valence-electron chi connectivity index (χ1n) is 6.88. The summed E-state index contributed by atoms with van der Waals surface area (Å²) in [6, 6.07) is 0.653. The monoisotopic (exact) mass is 257 g/mol. The average molecular weight is 257 g/mol. The smallest absolute Gasteiger partial charge is 0.0471 e. The van der Waals surface area contributed by atoms with Crippen LogP contribution in [-0.4, -0.2) is 65.1 Å². The minimum atomic E-state index is 0.263. The molecule has 2 atom stereocenters. The number of nitrogens with zero attached hydrogens (tertiary/aromatic N) is 2. The van der Waals surface area contributed by atoms with Gasteiger partial charge in [-0.1, -0.05) is 6.92 Å². The molecule has 0 aromatic carbocycles. The van der Waals surface area contributed by atoms with Crippen LogP contribution in [0.1, 0.15) is 27.2 Å². The molecule has 0 radical (unpaired) electrons. The second-order valence-corrected chi connectivity index (χ2v) is 7.42. The molecule has 2 saturated heterocycles. The van der Waals surface area contributed by atoms with E-state index < -0.39 is 0 Å². The summed E-state index contributed by atoms with van der Waals surface area (Å²) < 4.78 is 0. The number of rotatable bonds is 3. The average Bonchev–Trinajstić information content (AvgIpc) is 2.75. The lowest BCUT2D eigenvalue weighted by molar-refractivity contribution is 0.0988. The molecule has 0 saturated carbocycles. The van der Waals surface area contributed by atoms with E-state index in [1.54, 1.807) is 0 Å². The Morgan fingerprint density at radius 2 is 2.18 bits per heavy atom. The molecular weight excluding hydrogens is 230 g/mol. The van der Waals surface area contributed by atoms with Crippen molar-refractivity contribution in [3.05, 3.63) is 0 Å². The predicted molar refractivity (Wildman–Crippen MR) is 76.6 cm³/mol. The van der Waals surface area contributed by atoms with Gasteiger partial charge in [0.25, 0.3) is 0 Å². The fourth-order valence-electron chi connectivity index (χ4n) is 3.13. The van der Waals surface area contributed by atoms with Gasteiger partial charge in [0.2, 0.25) is 0 Å². The van der Waals surface area contributed by atoms with Crippen LogP contribution in [0.2, 0.25) is 0 Å². The fourth-order valence-corrected chi connectivity index (χ4v) is 4.15. The molecule has 2 unspecified atom stereocenters. The van der Waals surface area contributed by atoms with Crippen LogP contribution in [0.25, 0.3) is 0 Å². The molecule has 100 valence electrons. The van der Waals surface area contributed by atoms with Gasteiger partial charge in [-0.25, -0.2) is 0 Å². The Bertz CT molecular complexity index is 259. The van der Waals surface area contributed by atoms with Gasteiger partial charge in [0.05, 0.1) is 0 Å². The zero-order valence-corrected chi connectivity index (χ0v) is 12.3. The van der Waals surface area contributed by atoms with Gasteiger partial charge in [0.1, 0.15) is 0 Å². The van der Waals surface area contributed by atoms with Crippen LogP contribution in [0.4, 0.5) is 0 Å². The van der Waals surface area contributed by atoms with Crippen LogP contribution < -0.4 is 5.73 Å². The molecule has 2 rings (SSSR count). The van der Waals surface area contributed by atoms with Crippen molar-refractivity contribution in [2.24, 2.45) is 5.73 Å². The molecule has 4 heteroatoms. The first-order valence-corrected chi connectivity index (χ1v) is 7.93. The Hall–Kier alpha value is 0.230. The minimum absolute atomic E-state index is 0.263. The highest BCUT2D eigenvalue weighted by Crippen LogP contribution is 2.32. The maximum Gasteiger partial charge on any atom is 0.0471 e. The third-order valence-electron chi connectivity index (χ3n) is 4.38. The van der Waals surface area contributed by atoms with E-state index >= 15 is 0 Å². The van der Waals surface area contributed by atoms with Crippen molar-refractivity contribution >= 4 is 11.8 Å². The molecule has 2 aliphatic heterocycles. The van der Waals surface area contributed by atoms with Gasteiger partial charge in [-0.3, -0.25) is 9.80 Å². The van der Waals surface area contributed by atoms with Gasteiger partial charge in [0, 0.05) is 55.3 Å². The van der Waals surface area contributed by atoms with E-state index in [1.807, 2.05) is 0 Å². The first kappa shape index (κ1) is 13.7. The second-order valence-electron chi connectivity index (χ2n) is 5.87. The lowest BCUT2D eigenvalue weighted by Gasteiger charge is -2.44. The number of thioether (sulfide) groups is 1. The predicted octanol–water partition coefficient (Wildman–Crippen LogP) is 1.24. The van der Waals surface area contributed by atoms with Gasteiger partial charge in [-0.05, 0) is 20.3 Å². The van der Waals surface area contributed by atoms with Crippen molar-refractivity contribution in [2.45, 2.75) is 44.0 Å². The summed E-state index contributed by atoms with van der Waals surface area (Å²) in [6.07, 6.45) is 1.25. The standard InChI is InChI=1S/C13H27N3S/c1-11(2)15-5-4-13(9-14,10-15)16-6-7-17-12(3)8-16/h11-12H,4-10,14H2,1-3H3. The lowest BCUT2D eigenvalue weighted by Crippen LogP contribution is -2.59. The Morgan fingerprint density at radius 1 is 1.41 bits per heavy atom. The fraction of sp³-hybridized carbons (Fsp3) is 1.00. The van der Waals surface area contributed by atoms with E-state index in [2.05, 4.69) is 42.3 Å². The molecule has 3 nitrogen and oxygen atoms in total. The summed E-state index contributed by atoms with van der Waals surface area (Å²) in [4.78, 5) is 5.26. The van der Waals surface area contributed by atoms with Crippen molar-refractivity contribution in [3.8, 4) is 0 Å². The van der Waals surface area contributed by atoms with Crippen LogP contribution in [0.3, 0.4) is 0 Å². The van der Waals surface area contributed by atoms with E-state index in [0.29, 0.717) is 6.04 Å². The Morgan fingerprint density at radius 3 is 2.71 bits per heavy atom. The first-order chi connectivity index (χ1) is 8.07. The summed E-state index contributed by atoms with van der Waals surface area (Å²) >= 11 is 2.10. The van der Waals surface area contributed by atoms with Crippen LogP contribution in [0.15, 0.2) is 0 Å². The highest BCUT2D eigenvalue weighted by molar-refractivity contribution is 7.99. The summed E-state index contributed by atoms with van der Waals surface area (Å²) in [5.41, 5.74) is 6.40. The summed E-state index contributed by atoms with van der Waals surface area (Å²) in [5, 5.41) is 0.764. The molecule has 0 aromatic heterocycles. The number of likely N-dealkylation sites (tertiary alicyclic amines) is 1. The Balaban J connectivity index is 2.04. The third kappa shape index (κ3) is 2.80. The van der Waals surface area contributed by atoms with Gasteiger partial charge in [-0.2, -0.15) is 11.8 Å². The van der Waals surface area contributed by atoms with Crippen molar-refractivity contribution in [2.75, 3.05) is 38.5 Å². The van der Waals surface area contributed by atoms with Crippen LogP contribution in [0, 0.1) is 0 Å². The van der Waals surface area contributed by atoms with Gasteiger partial charge < -0.3 is 5.73 Å². The number of hydrogen-bond donors (Lipinski definition) is 1. The van der Waals surface area contributed by atoms with Crippen LogP contribution >= 0.6 is 11.8 Å². The van der Waals surface area contributed by atoms with Crippen molar-refractivity contribution in [1.82, 2.24) is 9.80 Å². The SMILES string of the molecule is CC1CN(C2(CN)CCN(C(C)C)C2)CCS1.